The first-order valence-electron chi connectivity index (χ1n) is 10.2. The minimum Gasteiger partial charge on any atom is -0.292 e. The van der Waals surface area contributed by atoms with Crippen LogP contribution in [0.3, 0.4) is 0 Å². The Morgan fingerprint density at radius 1 is 1.08 bits per heavy atom. The van der Waals surface area contributed by atoms with Crippen molar-refractivity contribution in [2.75, 3.05) is 0 Å². The molecule has 0 atom stereocenters. The summed E-state index contributed by atoms with van der Waals surface area (Å²) in [4.78, 5) is 37.8. The maximum absolute atomic E-state index is 13.1. The third-order valence-electron chi connectivity index (χ3n) is 5.26. The molecule has 0 aliphatic heterocycles. The zero-order valence-electron chi connectivity index (χ0n) is 18.7. The molecule has 0 fully saturated rings. The molecule has 0 radical (unpaired) electrons. The van der Waals surface area contributed by atoms with Crippen molar-refractivity contribution >= 4 is 37.5 Å². The second-order valence-corrected chi connectivity index (χ2v) is 10.5. The number of carbonyl (C=O) groups excluding carboxylic acids is 1. The lowest BCUT2D eigenvalue weighted by molar-refractivity contribution is -0.144. The molecule has 0 saturated heterocycles. The molecule has 4 aromatic rings. The van der Waals surface area contributed by atoms with Crippen molar-refractivity contribution in [1.82, 2.24) is 18.2 Å². The van der Waals surface area contributed by atoms with Crippen LogP contribution < -0.4 is 16.0 Å². The summed E-state index contributed by atoms with van der Waals surface area (Å²) in [6.07, 6.45) is -4.91. The summed E-state index contributed by atoms with van der Waals surface area (Å²) in [5, 5.41) is 0.120. The molecule has 0 saturated carbocycles. The van der Waals surface area contributed by atoms with Crippen molar-refractivity contribution in [2.45, 2.75) is 18.9 Å². The Hall–Kier alpha value is -3.78. The van der Waals surface area contributed by atoms with Gasteiger partial charge in [-0.25, -0.2) is 22.5 Å². The van der Waals surface area contributed by atoms with Crippen LogP contribution in [0.4, 0.5) is 13.2 Å². The van der Waals surface area contributed by atoms with Gasteiger partial charge in [-0.05, 0) is 42.2 Å². The number of rotatable bonds is 5. The molecule has 188 valence electrons. The molecule has 0 aliphatic carbocycles. The third kappa shape index (κ3) is 4.95. The van der Waals surface area contributed by atoms with Crippen molar-refractivity contribution < 1.29 is 26.4 Å². The molecule has 2 aromatic carbocycles. The van der Waals surface area contributed by atoms with Gasteiger partial charge in [-0.1, -0.05) is 29.8 Å². The standard InChI is InChI=1S/C22H17F3N4O5S2/c1-12-3-5-13(6-4-12)11-36(33,34)27-20(31)19-15-9-14(7-8-16(15)35-26-19)29-18(30)10-17(22(23,24)25)28(2)21(29)32/h3-10H,11H2,1-2H3,(H,27,31). The van der Waals surface area contributed by atoms with E-state index in [2.05, 4.69) is 4.37 Å². The van der Waals surface area contributed by atoms with E-state index in [9.17, 15) is 36.0 Å². The zero-order valence-corrected chi connectivity index (χ0v) is 20.3. The van der Waals surface area contributed by atoms with Gasteiger partial charge in [-0.2, -0.15) is 17.5 Å². The average Bonchev–Trinajstić information content (AvgIpc) is 3.20. The Morgan fingerprint density at radius 2 is 1.75 bits per heavy atom. The predicted molar refractivity (Wildman–Crippen MR) is 127 cm³/mol. The number of aryl methyl sites for hydroxylation is 1. The minimum absolute atomic E-state index is 0.112. The molecule has 1 N–H and O–H groups in total. The lowest BCUT2D eigenvalue weighted by Crippen LogP contribution is -2.40. The van der Waals surface area contributed by atoms with E-state index in [4.69, 9.17) is 0 Å². The van der Waals surface area contributed by atoms with E-state index in [0.29, 0.717) is 25.5 Å². The topological polar surface area (TPSA) is 120 Å². The van der Waals surface area contributed by atoms with Crippen LogP contribution in [0.2, 0.25) is 0 Å². The van der Waals surface area contributed by atoms with Crippen LogP contribution in [-0.2, 0) is 29.0 Å². The van der Waals surface area contributed by atoms with Crippen LogP contribution in [0.1, 0.15) is 27.3 Å². The van der Waals surface area contributed by atoms with Gasteiger partial charge in [0.25, 0.3) is 11.5 Å². The van der Waals surface area contributed by atoms with E-state index in [1.165, 1.54) is 18.2 Å². The van der Waals surface area contributed by atoms with Gasteiger partial charge in [0.05, 0.1) is 16.1 Å². The smallest absolute Gasteiger partial charge is 0.292 e. The van der Waals surface area contributed by atoms with Crippen LogP contribution in [0.5, 0.6) is 0 Å². The van der Waals surface area contributed by atoms with Crippen LogP contribution in [-0.4, -0.2) is 27.8 Å². The zero-order chi connectivity index (χ0) is 26.4. The normalized spacial score (nSPS) is 12.1. The number of alkyl halides is 3. The molecule has 0 spiro atoms. The summed E-state index contributed by atoms with van der Waals surface area (Å²) >= 11 is 0.870. The number of benzene rings is 2. The molecular weight excluding hydrogens is 521 g/mol. The number of halogens is 3. The molecule has 2 heterocycles. The van der Waals surface area contributed by atoms with Crippen LogP contribution in [0.25, 0.3) is 15.8 Å². The summed E-state index contributed by atoms with van der Waals surface area (Å²) in [5.41, 5.74) is -2.87. The lowest BCUT2D eigenvalue weighted by atomic mass is 10.2. The lowest BCUT2D eigenvalue weighted by Gasteiger charge is -2.14. The number of nitrogens with one attached hydrogen (secondary N) is 1. The van der Waals surface area contributed by atoms with E-state index in [1.54, 1.807) is 24.3 Å². The Morgan fingerprint density at radius 3 is 2.39 bits per heavy atom. The molecule has 36 heavy (non-hydrogen) atoms. The highest BCUT2D eigenvalue weighted by atomic mass is 32.2. The fourth-order valence-corrected chi connectivity index (χ4v) is 5.33. The van der Waals surface area contributed by atoms with Crippen molar-refractivity contribution in [3.05, 3.63) is 91.9 Å². The number of sulfonamides is 1. The predicted octanol–water partition coefficient (Wildman–Crippen LogP) is 2.73. The maximum Gasteiger partial charge on any atom is 0.431 e. The van der Waals surface area contributed by atoms with E-state index < -0.39 is 44.8 Å². The van der Waals surface area contributed by atoms with Crippen molar-refractivity contribution in [1.29, 1.82) is 0 Å². The summed E-state index contributed by atoms with van der Waals surface area (Å²) in [6.45, 7) is 1.84. The fourth-order valence-electron chi connectivity index (χ4n) is 3.49. The molecule has 2 aromatic heterocycles. The van der Waals surface area contributed by atoms with Gasteiger partial charge in [0.1, 0.15) is 5.69 Å². The highest BCUT2D eigenvalue weighted by molar-refractivity contribution is 7.89. The molecule has 0 bridgehead atoms. The molecular formula is C22H17F3N4O5S2. The van der Waals surface area contributed by atoms with E-state index in [-0.39, 0.29) is 16.8 Å². The van der Waals surface area contributed by atoms with E-state index in [0.717, 1.165) is 24.1 Å². The van der Waals surface area contributed by atoms with Crippen molar-refractivity contribution in [3.8, 4) is 5.69 Å². The highest BCUT2D eigenvalue weighted by Gasteiger charge is 2.35. The second kappa shape index (κ2) is 9.02. The first kappa shape index (κ1) is 25.3. The molecule has 14 heteroatoms. The Kier molecular flexibility index (Phi) is 6.34. The number of fused-ring (bicyclic) bond motifs is 1. The summed E-state index contributed by atoms with van der Waals surface area (Å²) in [7, 11) is -3.21. The highest BCUT2D eigenvalue weighted by Crippen LogP contribution is 2.28. The van der Waals surface area contributed by atoms with Crippen LogP contribution in [0, 0.1) is 6.92 Å². The molecule has 1 amide bonds. The van der Waals surface area contributed by atoms with Crippen LogP contribution in [0.15, 0.2) is 58.1 Å². The van der Waals surface area contributed by atoms with Gasteiger partial charge in [-0.3, -0.25) is 14.2 Å². The van der Waals surface area contributed by atoms with E-state index in [1.807, 2.05) is 11.6 Å². The van der Waals surface area contributed by atoms with Gasteiger partial charge in [0.15, 0.2) is 5.69 Å². The second-order valence-electron chi connectivity index (χ2n) is 7.93. The maximum atomic E-state index is 13.1. The molecule has 0 unspecified atom stereocenters. The summed E-state index contributed by atoms with van der Waals surface area (Å²) < 4.78 is 71.6. The SMILES string of the molecule is Cc1ccc(CS(=O)(=O)NC(=O)c2nsc3ccc(-n4c(=O)cc(C(F)(F)F)n(C)c4=O)cc23)cc1. The number of aromatic nitrogens is 3. The number of nitrogens with zero attached hydrogens (tertiary/aromatic N) is 3. The van der Waals surface area contributed by atoms with Gasteiger partial charge < -0.3 is 0 Å². The summed E-state index contributed by atoms with van der Waals surface area (Å²) in [5.74, 6) is -1.48. The molecule has 4 rings (SSSR count). The first-order valence-corrected chi connectivity index (χ1v) is 12.6. The van der Waals surface area contributed by atoms with Gasteiger partial charge in [0, 0.05) is 18.5 Å². The minimum atomic E-state index is -4.91. The average molecular weight is 539 g/mol. The largest absolute Gasteiger partial charge is 0.431 e. The molecule has 9 nitrogen and oxygen atoms in total. The monoisotopic (exact) mass is 538 g/mol. The molecule has 0 aliphatic rings. The van der Waals surface area contributed by atoms with Gasteiger partial charge in [0.2, 0.25) is 10.0 Å². The number of hydrogen-bond donors (Lipinski definition) is 1. The van der Waals surface area contributed by atoms with Crippen LogP contribution >= 0.6 is 11.5 Å². The summed E-state index contributed by atoms with van der Waals surface area (Å²) in [6, 6.07) is 10.9. The quantitative estimate of drug-likeness (QED) is 0.417. The third-order valence-corrected chi connectivity index (χ3v) is 7.30. The Bertz CT molecular complexity index is 1720. The first-order chi connectivity index (χ1) is 16.8. The Balaban J connectivity index is 1.71. The number of hydrogen-bond acceptors (Lipinski definition) is 7. The van der Waals surface area contributed by atoms with Crippen molar-refractivity contribution in [3.63, 3.8) is 0 Å². The Labute approximate surface area is 205 Å². The fraction of sp³-hybridized carbons (Fsp3) is 0.182. The van der Waals surface area contributed by atoms with Gasteiger partial charge >= 0.3 is 11.9 Å². The van der Waals surface area contributed by atoms with Crippen molar-refractivity contribution in [2.24, 2.45) is 7.05 Å². The number of carbonyl (C=O) groups is 1. The van der Waals surface area contributed by atoms with Gasteiger partial charge in [-0.15, -0.1) is 0 Å². The number of amides is 1. The van der Waals surface area contributed by atoms with E-state index >= 15 is 0 Å².